The largest absolute Gasteiger partial charge is 0.486 e. The number of carbonyl (C=O) groups excluding carboxylic acids is 1. The minimum Gasteiger partial charge on any atom is -0.486 e. The van der Waals surface area contributed by atoms with Gasteiger partial charge in [0, 0.05) is 6.20 Å². The molecule has 1 heterocycles. The summed E-state index contributed by atoms with van der Waals surface area (Å²) < 4.78 is 50.5. The number of halogens is 3. The van der Waals surface area contributed by atoms with E-state index in [0.717, 1.165) is 24.4 Å². The molecule has 1 aromatic heterocycles. The molecule has 3 aromatic rings. The monoisotopic (exact) mass is 430 g/mol. The SMILES string of the molecule is COC(=O)c1ccc(C(CC2CC2)Oc2ccc(-n3cc(C(F)(F)F)cn3)cc2)cc1. The van der Waals surface area contributed by atoms with Crippen LogP contribution in [0.25, 0.3) is 5.69 Å². The van der Waals surface area contributed by atoms with Crippen molar-refractivity contribution in [2.24, 2.45) is 5.92 Å². The van der Waals surface area contributed by atoms with Crippen LogP contribution in [-0.2, 0) is 10.9 Å². The maximum Gasteiger partial charge on any atom is 0.419 e. The Balaban J connectivity index is 1.49. The third-order valence-corrected chi connectivity index (χ3v) is 5.24. The molecule has 1 saturated carbocycles. The number of esters is 1. The number of aromatic nitrogens is 2. The van der Waals surface area contributed by atoms with E-state index in [-0.39, 0.29) is 6.10 Å². The number of methoxy groups -OCH3 is 1. The third-order valence-electron chi connectivity index (χ3n) is 5.24. The van der Waals surface area contributed by atoms with E-state index < -0.39 is 17.7 Å². The van der Waals surface area contributed by atoms with Gasteiger partial charge in [-0.2, -0.15) is 18.3 Å². The van der Waals surface area contributed by atoms with Gasteiger partial charge in [0.15, 0.2) is 0 Å². The van der Waals surface area contributed by atoms with E-state index in [9.17, 15) is 18.0 Å². The van der Waals surface area contributed by atoms with Crippen LogP contribution in [0.3, 0.4) is 0 Å². The lowest BCUT2D eigenvalue weighted by Crippen LogP contribution is -2.10. The van der Waals surface area contributed by atoms with Crippen LogP contribution in [0.2, 0.25) is 0 Å². The number of rotatable bonds is 7. The Morgan fingerprint density at radius 2 is 1.81 bits per heavy atom. The number of nitrogens with zero attached hydrogens (tertiary/aromatic N) is 2. The van der Waals surface area contributed by atoms with Crippen LogP contribution in [0.1, 0.15) is 46.9 Å². The van der Waals surface area contributed by atoms with E-state index in [1.165, 1.54) is 24.6 Å². The Labute approximate surface area is 177 Å². The Bertz CT molecular complexity index is 1040. The fourth-order valence-electron chi connectivity index (χ4n) is 3.31. The second-order valence-corrected chi connectivity index (χ2v) is 7.56. The molecule has 31 heavy (non-hydrogen) atoms. The van der Waals surface area contributed by atoms with E-state index in [1.54, 1.807) is 36.4 Å². The van der Waals surface area contributed by atoms with Gasteiger partial charge < -0.3 is 9.47 Å². The highest BCUT2D eigenvalue weighted by Gasteiger charge is 2.32. The smallest absolute Gasteiger partial charge is 0.419 e. The molecule has 0 radical (unpaired) electrons. The summed E-state index contributed by atoms with van der Waals surface area (Å²) in [5.41, 5.74) is 1.13. The molecule has 0 N–H and O–H groups in total. The van der Waals surface area contributed by atoms with E-state index in [0.29, 0.717) is 22.9 Å². The molecule has 0 aliphatic heterocycles. The Morgan fingerprint density at radius 3 is 2.35 bits per heavy atom. The number of benzene rings is 2. The number of hydrogen-bond acceptors (Lipinski definition) is 4. The van der Waals surface area contributed by atoms with Gasteiger partial charge in [0.05, 0.1) is 30.1 Å². The zero-order valence-corrected chi connectivity index (χ0v) is 16.8. The summed E-state index contributed by atoms with van der Waals surface area (Å²) in [6, 6.07) is 13.9. The van der Waals surface area contributed by atoms with Crippen molar-refractivity contribution in [2.45, 2.75) is 31.5 Å². The Morgan fingerprint density at radius 1 is 1.13 bits per heavy atom. The lowest BCUT2D eigenvalue weighted by atomic mass is 10.0. The standard InChI is InChI=1S/C23H21F3N2O3/c1-30-22(29)17-6-4-16(5-7-17)21(12-15-2-3-15)31-20-10-8-19(9-11-20)28-14-18(13-27-28)23(24,25)26/h4-11,13-15,21H,2-3,12H2,1H3. The number of carbonyl (C=O) groups is 1. The first kappa shape index (κ1) is 21.0. The summed E-state index contributed by atoms with van der Waals surface area (Å²) in [5.74, 6) is 0.818. The predicted octanol–water partition coefficient (Wildman–Crippen LogP) is 5.60. The van der Waals surface area contributed by atoms with Gasteiger partial charge in [-0.15, -0.1) is 0 Å². The highest BCUT2D eigenvalue weighted by molar-refractivity contribution is 5.89. The van der Waals surface area contributed by atoms with Crippen molar-refractivity contribution in [1.82, 2.24) is 9.78 Å². The van der Waals surface area contributed by atoms with Gasteiger partial charge >= 0.3 is 12.1 Å². The summed E-state index contributed by atoms with van der Waals surface area (Å²) in [6.45, 7) is 0. The van der Waals surface area contributed by atoms with Gasteiger partial charge in [0.1, 0.15) is 11.9 Å². The molecule has 1 fully saturated rings. The fraction of sp³-hybridized carbons (Fsp3) is 0.304. The summed E-state index contributed by atoms with van der Waals surface area (Å²) in [5, 5.41) is 3.79. The quantitative estimate of drug-likeness (QED) is 0.458. The minimum atomic E-state index is -4.43. The molecule has 1 aliphatic carbocycles. The number of ether oxygens (including phenoxy) is 2. The second-order valence-electron chi connectivity index (χ2n) is 7.56. The molecule has 2 aromatic carbocycles. The van der Waals surface area contributed by atoms with Gasteiger partial charge in [-0.3, -0.25) is 0 Å². The van der Waals surface area contributed by atoms with Gasteiger partial charge in [0.2, 0.25) is 0 Å². The average Bonchev–Trinajstić information content (AvgIpc) is 3.43. The molecule has 162 valence electrons. The van der Waals surface area contributed by atoms with E-state index in [2.05, 4.69) is 5.10 Å². The van der Waals surface area contributed by atoms with Crippen LogP contribution in [0.4, 0.5) is 13.2 Å². The van der Waals surface area contributed by atoms with Crippen molar-refractivity contribution in [3.8, 4) is 11.4 Å². The van der Waals surface area contributed by atoms with Crippen molar-refractivity contribution in [2.75, 3.05) is 7.11 Å². The topological polar surface area (TPSA) is 53.4 Å². The van der Waals surface area contributed by atoms with Crippen molar-refractivity contribution >= 4 is 5.97 Å². The van der Waals surface area contributed by atoms with E-state index in [4.69, 9.17) is 9.47 Å². The molecular formula is C23H21F3N2O3. The summed E-state index contributed by atoms with van der Waals surface area (Å²) in [4.78, 5) is 11.7. The molecule has 1 atom stereocenters. The van der Waals surface area contributed by atoms with Crippen LogP contribution in [0.5, 0.6) is 5.75 Å². The normalized spacial score (nSPS) is 14.8. The van der Waals surface area contributed by atoms with Gasteiger partial charge in [0.25, 0.3) is 0 Å². The van der Waals surface area contributed by atoms with Gasteiger partial charge in [-0.25, -0.2) is 9.48 Å². The van der Waals surface area contributed by atoms with Crippen molar-refractivity contribution < 1.29 is 27.4 Å². The van der Waals surface area contributed by atoms with Crippen LogP contribution in [0.15, 0.2) is 60.9 Å². The van der Waals surface area contributed by atoms with Crippen LogP contribution >= 0.6 is 0 Å². The van der Waals surface area contributed by atoms with Gasteiger partial charge in [-0.1, -0.05) is 25.0 Å². The van der Waals surface area contributed by atoms with Crippen LogP contribution < -0.4 is 4.74 Å². The first-order valence-corrected chi connectivity index (χ1v) is 9.91. The lowest BCUT2D eigenvalue weighted by Gasteiger charge is -2.20. The summed E-state index contributed by atoms with van der Waals surface area (Å²) >= 11 is 0. The van der Waals surface area contributed by atoms with Crippen molar-refractivity contribution in [1.29, 1.82) is 0 Å². The lowest BCUT2D eigenvalue weighted by molar-refractivity contribution is -0.137. The third kappa shape index (κ3) is 5.07. The van der Waals surface area contributed by atoms with Gasteiger partial charge in [-0.05, 0) is 54.3 Å². The zero-order valence-electron chi connectivity index (χ0n) is 16.8. The summed E-state index contributed by atoms with van der Waals surface area (Å²) in [7, 11) is 1.34. The molecule has 0 bridgehead atoms. The molecule has 5 nitrogen and oxygen atoms in total. The van der Waals surface area contributed by atoms with Crippen LogP contribution in [0, 0.1) is 5.92 Å². The molecule has 0 saturated heterocycles. The maximum absolute atomic E-state index is 12.8. The molecule has 0 spiro atoms. The highest BCUT2D eigenvalue weighted by atomic mass is 19.4. The van der Waals surface area contributed by atoms with Crippen molar-refractivity contribution in [3.63, 3.8) is 0 Å². The number of hydrogen-bond donors (Lipinski definition) is 0. The second kappa shape index (κ2) is 8.45. The molecule has 8 heteroatoms. The first-order valence-electron chi connectivity index (χ1n) is 9.91. The van der Waals surface area contributed by atoms with E-state index in [1.807, 2.05) is 12.1 Å². The Hall–Kier alpha value is -3.29. The molecular weight excluding hydrogens is 409 g/mol. The Kier molecular flexibility index (Phi) is 5.71. The fourth-order valence-corrected chi connectivity index (χ4v) is 3.31. The predicted molar refractivity (Wildman–Crippen MR) is 107 cm³/mol. The molecule has 0 amide bonds. The molecule has 4 rings (SSSR count). The zero-order chi connectivity index (χ0) is 22.0. The van der Waals surface area contributed by atoms with Crippen molar-refractivity contribution in [3.05, 3.63) is 77.6 Å². The minimum absolute atomic E-state index is 0.188. The first-order chi connectivity index (χ1) is 14.8. The molecule has 1 unspecified atom stereocenters. The van der Waals surface area contributed by atoms with E-state index >= 15 is 0 Å². The van der Waals surface area contributed by atoms with Crippen LogP contribution in [-0.4, -0.2) is 22.9 Å². The highest BCUT2D eigenvalue weighted by Crippen LogP contribution is 2.39. The average molecular weight is 430 g/mol. The maximum atomic E-state index is 12.8. The molecule has 1 aliphatic rings. The number of alkyl halides is 3. The summed E-state index contributed by atoms with van der Waals surface area (Å²) in [6.07, 6.45) is 0.322.